The molecule has 0 atom stereocenters. The van der Waals surface area contributed by atoms with Crippen LogP contribution in [0.3, 0.4) is 0 Å². The third-order valence-corrected chi connectivity index (χ3v) is 6.51. The smallest absolute Gasteiger partial charge is 0.870 e. The average molecular weight is 501 g/mol. The van der Waals surface area contributed by atoms with E-state index in [1.54, 1.807) is 6.07 Å². The molecule has 7 heteroatoms. The summed E-state index contributed by atoms with van der Waals surface area (Å²) in [5, 5.41) is 12.0. The van der Waals surface area contributed by atoms with Crippen LogP contribution >= 0.6 is 0 Å². The summed E-state index contributed by atoms with van der Waals surface area (Å²) in [7, 11) is -4.39. The van der Waals surface area contributed by atoms with Gasteiger partial charge < -0.3 is 9.84 Å². The van der Waals surface area contributed by atoms with Crippen LogP contribution in [0, 0.1) is 0 Å². The number of ether oxygens (including phenoxy) is 1. The summed E-state index contributed by atoms with van der Waals surface area (Å²) < 4.78 is 37.4. The standard InChI is InChI=1S/C26H38O5S.K/c1-2-3-4-5-6-7-8-9-10-11-12-13-15-22-16-14-17-23(20-22)31-26-21-24(32(28,29)30)18-19-25(26)27;/h14,16-21,27H,2-13,15H2,1H3,(H,28,29,30);/q;+1/p-1. The molecule has 2 aromatic rings. The quantitative estimate of drug-likeness (QED) is 0.213. The van der Waals surface area contributed by atoms with Crippen molar-refractivity contribution < 1.29 is 74.2 Å². The van der Waals surface area contributed by atoms with E-state index in [1.807, 2.05) is 18.2 Å². The molecule has 0 radical (unpaired) electrons. The summed E-state index contributed by atoms with van der Waals surface area (Å²) >= 11 is 0. The summed E-state index contributed by atoms with van der Waals surface area (Å²) in [5.74, 6) is -0.0857. The number of hydrogen-bond donors (Lipinski definition) is 1. The second kappa shape index (κ2) is 17.1. The number of rotatable bonds is 16. The van der Waals surface area contributed by atoms with Gasteiger partial charge in [-0.25, -0.2) is 0 Å². The fourth-order valence-corrected chi connectivity index (χ4v) is 4.29. The topological polar surface area (TPSA) is 86.7 Å². The minimum absolute atomic E-state index is 0. The Bertz CT molecular complexity index is 915. The minimum atomic E-state index is -4.39. The molecule has 0 bridgehead atoms. The molecule has 0 unspecified atom stereocenters. The fraction of sp³-hybridized carbons (Fsp3) is 0.538. The molecule has 0 amide bonds. The first kappa shape index (κ1) is 30.6. The summed E-state index contributed by atoms with van der Waals surface area (Å²) in [6, 6.07) is 10.7. The average Bonchev–Trinajstić information content (AvgIpc) is 2.75. The van der Waals surface area contributed by atoms with E-state index in [2.05, 4.69) is 6.92 Å². The molecule has 0 aromatic heterocycles. The number of unbranched alkanes of at least 4 members (excludes halogenated alkanes) is 11. The van der Waals surface area contributed by atoms with E-state index in [1.165, 1.54) is 70.6 Å². The molecule has 0 heterocycles. The third kappa shape index (κ3) is 12.7. The van der Waals surface area contributed by atoms with Gasteiger partial charge in [0.15, 0.2) is 0 Å². The van der Waals surface area contributed by atoms with Gasteiger partial charge in [0, 0.05) is 6.07 Å². The summed E-state index contributed by atoms with van der Waals surface area (Å²) in [6.07, 6.45) is 16.7. The monoisotopic (exact) mass is 500 g/mol. The summed E-state index contributed by atoms with van der Waals surface area (Å²) in [4.78, 5) is -0.361. The van der Waals surface area contributed by atoms with E-state index < -0.39 is 15.9 Å². The summed E-state index contributed by atoms with van der Waals surface area (Å²) in [5.41, 5.74) is 1.12. The molecule has 0 fully saturated rings. The SMILES string of the molecule is CCCCCCCCCCCCCCc1cccc(Oc2cc(S(=O)(=O)O)ccc2[O-])c1.[K+]. The van der Waals surface area contributed by atoms with Crippen molar-refractivity contribution in [1.29, 1.82) is 0 Å². The number of benzene rings is 2. The molecule has 0 aliphatic rings. The van der Waals surface area contributed by atoms with Gasteiger partial charge in [0.05, 0.1) is 4.90 Å². The van der Waals surface area contributed by atoms with Crippen LogP contribution in [0.15, 0.2) is 47.4 Å². The van der Waals surface area contributed by atoms with E-state index in [0.717, 1.165) is 36.6 Å². The Balaban J connectivity index is 0.00000544. The van der Waals surface area contributed by atoms with Gasteiger partial charge in [-0.3, -0.25) is 4.55 Å². The number of hydrogen-bond acceptors (Lipinski definition) is 4. The van der Waals surface area contributed by atoms with Crippen molar-refractivity contribution in [3.63, 3.8) is 0 Å². The Hall–Kier alpha value is -0.414. The van der Waals surface area contributed by atoms with Crippen LogP contribution in [-0.2, 0) is 16.5 Å². The fourth-order valence-electron chi connectivity index (χ4n) is 3.79. The van der Waals surface area contributed by atoms with Gasteiger partial charge in [-0.1, -0.05) is 102 Å². The molecule has 178 valence electrons. The van der Waals surface area contributed by atoms with Crippen molar-refractivity contribution in [2.24, 2.45) is 0 Å². The summed E-state index contributed by atoms with van der Waals surface area (Å²) in [6.45, 7) is 2.25. The normalized spacial score (nSPS) is 11.2. The van der Waals surface area contributed by atoms with Crippen LogP contribution in [0.1, 0.15) is 89.5 Å². The molecule has 0 spiro atoms. The Morgan fingerprint density at radius 1 is 0.818 bits per heavy atom. The molecule has 0 aliphatic heterocycles. The molecule has 2 aromatic carbocycles. The van der Waals surface area contributed by atoms with Crippen molar-refractivity contribution in [3.05, 3.63) is 48.0 Å². The maximum atomic E-state index is 12.0. The minimum Gasteiger partial charge on any atom is -0.870 e. The molecule has 5 nitrogen and oxygen atoms in total. The van der Waals surface area contributed by atoms with E-state index >= 15 is 0 Å². The Morgan fingerprint density at radius 2 is 1.39 bits per heavy atom. The van der Waals surface area contributed by atoms with Gasteiger partial charge in [0.1, 0.15) is 11.5 Å². The first-order valence-electron chi connectivity index (χ1n) is 12.0. The van der Waals surface area contributed by atoms with Gasteiger partial charge in [0.25, 0.3) is 10.1 Å². The van der Waals surface area contributed by atoms with Crippen molar-refractivity contribution in [1.82, 2.24) is 0 Å². The van der Waals surface area contributed by atoms with Crippen molar-refractivity contribution >= 4 is 10.1 Å². The van der Waals surface area contributed by atoms with E-state index in [4.69, 9.17) is 9.29 Å². The zero-order chi connectivity index (χ0) is 23.2. The Kier molecular flexibility index (Phi) is 15.9. The van der Waals surface area contributed by atoms with E-state index in [-0.39, 0.29) is 62.0 Å². The van der Waals surface area contributed by atoms with Gasteiger partial charge in [0.2, 0.25) is 0 Å². The Morgan fingerprint density at radius 3 is 1.97 bits per heavy atom. The number of aryl methyl sites for hydroxylation is 1. The maximum Gasteiger partial charge on any atom is 1.00 e. The molecule has 2 rings (SSSR count). The first-order valence-corrected chi connectivity index (χ1v) is 13.4. The van der Waals surface area contributed by atoms with Crippen LogP contribution < -0.4 is 61.2 Å². The van der Waals surface area contributed by atoms with Gasteiger partial charge in [-0.15, -0.1) is 0 Å². The molecular weight excluding hydrogens is 463 g/mol. The molecule has 1 N–H and O–H groups in total. The van der Waals surface area contributed by atoms with E-state index in [9.17, 15) is 13.5 Å². The zero-order valence-electron chi connectivity index (χ0n) is 20.2. The van der Waals surface area contributed by atoms with Crippen LogP contribution in [0.4, 0.5) is 0 Å². The second-order valence-corrected chi connectivity index (χ2v) is 9.89. The van der Waals surface area contributed by atoms with Crippen molar-refractivity contribution in [2.45, 2.75) is 95.3 Å². The van der Waals surface area contributed by atoms with Gasteiger partial charge >= 0.3 is 51.4 Å². The predicted molar refractivity (Wildman–Crippen MR) is 127 cm³/mol. The molecule has 0 aliphatic carbocycles. The maximum absolute atomic E-state index is 12.0. The van der Waals surface area contributed by atoms with E-state index in [0.29, 0.717) is 5.75 Å². The van der Waals surface area contributed by atoms with Crippen LogP contribution in [-0.4, -0.2) is 13.0 Å². The van der Waals surface area contributed by atoms with Gasteiger partial charge in [-0.05, 0) is 36.6 Å². The van der Waals surface area contributed by atoms with Crippen molar-refractivity contribution in [3.8, 4) is 17.2 Å². The third-order valence-electron chi connectivity index (χ3n) is 5.66. The van der Waals surface area contributed by atoms with Gasteiger partial charge in [-0.2, -0.15) is 8.42 Å². The molecule has 33 heavy (non-hydrogen) atoms. The van der Waals surface area contributed by atoms with Crippen LogP contribution in [0.5, 0.6) is 17.2 Å². The predicted octanol–water partition coefficient (Wildman–Crippen LogP) is 4.05. The first-order chi connectivity index (χ1) is 15.4. The second-order valence-electron chi connectivity index (χ2n) is 8.47. The van der Waals surface area contributed by atoms with Crippen LogP contribution in [0.25, 0.3) is 0 Å². The molecule has 0 saturated carbocycles. The largest absolute Gasteiger partial charge is 1.00 e. The van der Waals surface area contributed by atoms with Crippen molar-refractivity contribution in [2.75, 3.05) is 0 Å². The Labute approximate surface area is 242 Å². The van der Waals surface area contributed by atoms with Crippen LogP contribution in [0.2, 0.25) is 0 Å². The molecule has 0 saturated heterocycles. The zero-order valence-corrected chi connectivity index (χ0v) is 24.2. The molecular formula is C26H37KO5S.